The van der Waals surface area contributed by atoms with Crippen LogP contribution in [0.5, 0.6) is 0 Å². The number of benzene rings is 18. The summed E-state index contributed by atoms with van der Waals surface area (Å²) in [5, 5.41) is 4.89. The van der Waals surface area contributed by atoms with Crippen LogP contribution in [0.25, 0.3) is 146 Å². The summed E-state index contributed by atoms with van der Waals surface area (Å²) in [6.45, 7) is 8.52. The molecule has 2 aliphatic carbocycles. The van der Waals surface area contributed by atoms with E-state index in [1.165, 1.54) is 105 Å². The minimum Gasteiger partial charge on any atom is -0.399 e. The molecule has 0 bridgehead atoms. The van der Waals surface area contributed by atoms with Gasteiger partial charge in [-0.3, -0.25) is 0 Å². The molecule has 3 heterocycles. The van der Waals surface area contributed by atoms with Gasteiger partial charge in [0.25, 0.3) is 0 Å². The molecule has 23 rings (SSSR count). The molecule has 3 aliphatic rings. The summed E-state index contributed by atoms with van der Waals surface area (Å²) in [5.74, 6) is 3.94. The minimum absolute atomic E-state index is 0. The van der Waals surface area contributed by atoms with E-state index in [-0.39, 0.29) is 8.41 Å². The Morgan fingerprint density at radius 1 is 0.209 bits per heavy atom. The van der Waals surface area contributed by atoms with Crippen LogP contribution in [0.4, 0.5) is 0 Å². The van der Waals surface area contributed by atoms with Gasteiger partial charge >= 0.3 is 7.12 Å². The highest BCUT2D eigenvalue weighted by atomic mass is 79.9. The van der Waals surface area contributed by atoms with Crippen molar-refractivity contribution in [3.8, 4) is 124 Å². The standard InChI is InChI=1S/C56H37N3.C41H35BO2.C21H14BrN3.B/c1-5-18-40(19-6-1)53-57-54(41-20-7-2-8-21-41)59-55(58-53)42-32-30-39(31-33-42)49-37-52-50(36-48(49)44-34-29-38-17-13-14-22-43(38)35-44)47-27-15-16-28-51(47)56(52,45-23-9-3-10-24-45)46-25-11-4-12-26-46;1-39(2)40(3,4)44-42(43-39)38-27-37-35(26-34(38)30-24-23-28-15-11-12-16-29(28)25-30)33-21-13-14-22-36(33)41(37,31-17-7-5-8-18-31)32-19-9-6-10-20-32;22-18-13-11-17(12-14-18)21-24-19(15-7-3-1-4-8-15)23-20(25-21)16-9-5-2-6-10-16;/h1-37H;5-27H,1-4H3;1-14H;. The van der Waals surface area contributed by atoms with Gasteiger partial charge in [0.05, 0.1) is 22.0 Å². The Hall–Kier alpha value is -15.0. The molecule has 0 saturated carbocycles. The maximum absolute atomic E-state index is 6.79. The molecule has 0 atom stereocenters. The molecule has 129 heavy (non-hydrogen) atoms. The number of hydrogen-bond acceptors (Lipinski definition) is 8. The number of rotatable bonds is 14. The Bertz CT molecular complexity index is 7280. The van der Waals surface area contributed by atoms with Crippen LogP contribution in [-0.2, 0) is 20.1 Å². The van der Waals surface area contributed by atoms with Crippen molar-refractivity contribution in [2.45, 2.75) is 49.7 Å². The Labute approximate surface area is 763 Å². The molecule has 20 aromatic rings. The van der Waals surface area contributed by atoms with Crippen molar-refractivity contribution >= 4 is 58.5 Å². The van der Waals surface area contributed by atoms with Gasteiger partial charge in [0.2, 0.25) is 0 Å². The van der Waals surface area contributed by atoms with Crippen molar-refractivity contribution in [1.82, 2.24) is 29.9 Å². The lowest BCUT2D eigenvalue weighted by molar-refractivity contribution is 0.00578. The number of hydrogen-bond donors (Lipinski definition) is 0. The molecule has 0 N–H and O–H groups in total. The molecule has 1 aliphatic heterocycles. The van der Waals surface area contributed by atoms with E-state index in [1.807, 2.05) is 146 Å². The molecule has 0 unspecified atom stereocenters. The predicted octanol–water partition coefficient (Wildman–Crippen LogP) is 28.1. The molecule has 1 saturated heterocycles. The van der Waals surface area contributed by atoms with Crippen molar-refractivity contribution < 1.29 is 9.31 Å². The van der Waals surface area contributed by atoms with Gasteiger partial charge < -0.3 is 9.31 Å². The van der Waals surface area contributed by atoms with Gasteiger partial charge in [-0.25, -0.2) is 29.9 Å². The molecule has 1 fully saturated rings. The summed E-state index contributed by atoms with van der Waals surface area (Å²) in [4.78, 5) is 29.1. The minimum atomic E-state index is -0.516. The highest BCUT2D eigenvalue weighted by Crippen LogP contribution is 2.60. The maximum Gasteiger partial charge on any atom is 0.495 e. The van der Waals surface area contributed by atoms with Crippen LogP contribution in [0.2, 0.25) is 0 Å². The summed E-state index contributed by atoms with van der Waals surface area (Å²) >= 11 is 3.47. The molecule has 11 heteroatoms. The monoisotopic (exact) mass is 1720 g/mol. The smallest absolute Gasteiger partial charge is 0.399 e. The predicted molar refractivity (Wildman–Crippen MR) is 534 cm³/mol. The van der Waals surface area contributed by atoms with E-state index in [2.05, 4.69) is 352 Å². The molecule has 3 radical (unpaired) electrons. The number of halogens is 1. The number of aromatic nitrogens is 6. The SMILES string of the molecule is Brc1ccc(-c2nc(-c3ccccc3)nc(-c3ccccc3)n2)cc1.CC1(C)OB(c2cc3c(cc2-c2ccc4ccccc4c2)-c2ccccc2C3(c2ccccc2)c2ccccc2)OC1(C)C.[B].c1ccc(-c2nc(-c3ccccc3)nc(-c3ccc(-c4cc5c(cc4-c4ccc6ccccc6c4)-c4ccccc4C5(c4ccccc4)c4ccccc4)cc3)n2)cc1. The molecule has 2 aromatic heterocycles. The van der Waals surface area contributed by atoms with E-state index in [0.29, 0.717) is 34.9 Å². The van der Waals surface area contributed by atoms with Crippen molar-refractivity contribution in [2.75, 3.05) is 0 Å². The van der Waals surface area contributed by atoms with Crippen molar-refractivity contribution in [2.24, 2.45) is 0 Å². The lowest BCUT2D eigenvalue weighted by Crippen LogP contribution is -2.41. The fourth-order valence-electron chi connectivity index (χ4n) is 18.9. The molecule has 18 aromatic carbocycles. The fourth-order valence-corrected chi connectivity index (χ4v) is 19.1. The van der Waals surface area contributed by atoms with Gasteiger partial charge in [0.15, 0.2) is 34.9 Å². The highest BCUT2D eigenvalue weighted by molar-refractivity contribution is 9.10. The van der Waals surface area contributed by atoms with Crippen LogP contribution in [0.1, 0.15) is 72.2 Å². The maximum atomic E-state index is 6.79. The number of fused-ring (bicyclic) bond motifs is 8. The van der Waals surface area contributed by atoms with Crippen LogP contribution < -0.4 is 5.46 Å². The second-order valence-corrected chi connectivity index (χ2v) is 34.8. The zero-order valence-electron chi connectivity index (χ0n) is 71.8. The molecular weight excluding hydrogens is 1630 g/mol. The van der Waals surface area contributed by atoms with Crippen LogP contribution in [0, 0.1) is 0 Å². The quantitative estimate of drug-likeness (QED) is 0.0994. The van der Waals surface area contributed by atoms with Crippen LogP contribution in [0.3, 0.4) is 0 Å². The summed E-state index contributed by atoms with van der Waals surface area (Å²) in [6.07, 6.45) is 0. The third-order valence-electron chi connectivity index (χ3n) is 25.8. The Morgan fingerprint density at radius 3 is 0.837 bits per heavy atom. The van der Waals surface area contributed by atoms with Crippen LogP contribution in [-0.4, -0.2) is 56.6 Å². The molecule has 0 amide bonds. The van der Waals surface area contributed by atoms with Crippen LogP contribution >= 0.6 is 15.9 Å². The average molecular weight is 1720 g/mol. The topological polar surface area (TPSA) is 95.8 Å². The Kier molecular flexibility index (Phi) is 22.2. The first-order valence-corrected chi connectivity index (χ1v) is 44.4. The van der Waals surface area contributed by atoms with E-state index in [0.717, 1.165) is 60.0 Å². The third-order valence-corrected chi connectivity index (χ3v) is 26.3. The van der Waals surface area contributed by atoms with Gasteiger partial charge in [0.1, 0.15) is 0 Å². The average Bonchev–Trinajstić information content (AvgIpc) is 1.51. The van der Waals surface area contributed by atoms with Crippen molar-refractivity contribution in [3.63, 3.8) is 0 Å². The van der Waals surface area contributed by atoms with Gasteiger partial charge in [-0.2, -0.15) is 0 Å². The van der Waals surface area contributed by atoms with Gasteiger partial charge in [-0.1, -0.05) is 422 Å². The molecular formula is C118H86B2BrN6O2. The van der Waals surface area contributed by atoms with E-state index >= 15 is 0 Å². The Morgan fingerprint density at radius 2 is 0.473 bits per heavy atom. The van der Waals surface area contributed by atoms with Gasteiger partial charge in [-0.15, -0.1) is 0 Å². The van der Waals surface area contributed by atoms with Crippen molar-refractivity contribution in [3.05, 3.63) is 498 Å². The van der Waals surface area contributed by atoms with E-state index in [9.17, 15) is 0 Å². The highest BCUT2D eigenvalue weighted by Gasteiger charge is 2.54. The second-order valence-electron chi connectivity index (χ2n) is 33.9. The zero-order chi connectivity index (χ0) is 86.3. The molecule has 613 valence electrons. The number of nitrogens with zero attached hydrogens (tertiary/aromatic N) is 6. The lowest BCUT2D eigenvalue weighted by Gasteiger charge is -2.34. The van der Waals surface area contributed by atoms with Gasteiger partial charge in [0, 0.05) is 46.3 Å². The Balaban J connectivity index is 0.000000131. The van der Waals surface area contributed by atoms with Gasteiger partial charge in [-0.05, 0) is 197 Å². The molecule has 8 nitrogen and oxygen atoms in total. The van der Waals surface area contributed by atoms with Crippen LogP contribution in [0.15, 0.2) is 453 Å². The van der Waals surface area contributed by atoms with Crippen molar-refractivity contribution in [1.29, 1.82) is 0 Å². The van der Waals surface area contributed by atoms with E-state index in [1.54, 1.807) is 0 Å². The van der Waals surface area contributed by atoms with E-state index in [4.69, 9.17) is 34.2 Å². The first kappa shape index (κ1) is 82.3. The summed E-state index contributed by atoms with van der Waals surface area (Å²) < 4.78 is 14.6. The largest absolute Gasteiger partial charge is 0.495 e. The normalized spacial score (nSPS) is 13.7. The summed E-state index contributed by atoms with van der Waals surface area (Å²) in [7, 11) is -0.514. The second kappa shape index (κ2) is 34.8. The summed E-state index contributed by atoms with van der Waals surface area (Å²) in [6, 6.07) is 159. The fraction of sp³-hybridized carbons (Fsp3) is 0.0678. The zero-order valence-corrected chi connectivity index (χ0v) is 73.3. The first-order valence-electron chi connectivity index (χ1n) is 43.6. The lowest BCUT2D eigenvalue weighted by atomic mass is 9.65. The summed E-state index contributed by atoms with van der Waals surface area (Å²) in [5.41, 5.74) is 26.9. The first-order chi connectivity index (χ1) is 62.8. The third kappa shape index (κ3) is 15.3. The molecule has 0 spiro atoms. The van der Waals surface area contributed by atoms with E-state index < -0.39 is 29.2 Å².